The minimum atomic E-state index is -0.175. The lowest BCUT2D eigenvalue weighted by molar-refractivity contribution is 0.0693. The third-order valence-corrected chi connectivity index (χ3v) is 3.94. The first-order valence-electron chi connectivity index (χ1n) is 7.46. The van der Waals surface area contributed by atoms with Crippen molar-refractivity contribution in [2.45, 2.75) is 25.8 Å². The van der Waals surface area contributed by atoms with Crippen LogP contribution in [0.15, 0.2) is 30.3 Å². The van der Waals surface area contributed by atoms with Crippen LogP contribution < -0.4 is 11.1 Å². The molecule has 1 saturated heterocycles. The van der Waals surface area contributed by atoms with Gasteiger partial charge in [0.1, 0.15) is 5.82 Å². The number of amides is 1. The Morgan fingerprint density at radius 3 is 2.68 bits per heavy atom. The molecule has 2 aromatic rings. The van der Waals surface area contributed by atoms with Crippen molar-refractivity contribution in [3.63, 3.8) is 0 Å². The van der Waals surface area contributed by atoms with E-state index < -0.39 is 0 Å². The maximum atomic E-state index is 12.4. The maximum Gasteiger partial charge on any atom is 0.272 e. The Labute approximate surface area is 129 Å². The first-order valence-corrected chi connectivity index (χ1v) is 7.46. The number of hydrogen-bond donors (Lipinski definition) is 2. The molecule has 0 unspecified atom stereocenters. The van der Waals surface area contributed by atoms with Crippen LogP contribution in [-0.2, 0) is 4.74 Å². The molecule has 6 heteroatoms. The third kappa shape index (κ3) is 2.82. The Morgan fingerprint density at radius 2 is 2.00 bits per heavy atom. The molecule has 1 aromatic carbocycles. The number of nitrogens with zero attached hydrogens (tertiary/aromatic N) is 2. The molecular weight excluding hydrogens is 280 g/mol. The average Bonchev–Trinajstić information content (AvgIpc) is 2.85. The number of nitrogen functional groups attached to an aromatic ring is 1. The summed E-state index contributed by atoms with van der Waals surface area (Å²) in [6.07, 6.45) is 1.67. The SMILES string of the molecule is Cc1c(C(=O)NC2CCOCC2)nn(-c2ccccc2)c1N. The molecular formula is C16H20N4O2. The summed E-state index contributed by atoms with van der Waals surface area (Å²) in [6, 6.07) is 9.70. The lowest BCUT2D eigenvalue weighted by atomic mass is 10.1. The molecule has 0 aliphatic carbocycles. The van der Waals surface area contributed by atoms with Crippen LogP contribution in [0.3, 0.4) is 0 Å². The summed E-state index contributed by atoms with van der Waals surface area (Å²) in [5, 5.41) is 7.41. The van der Waals surface area contributed by atoms with E-state index in [9.17, 15) is 4.79 Å². The molecule has 22 heavy (non-hydrogen) atoms. The van der Waals surface area contributed by atoms with Crippen LogP contribution in [0.5, 0.6) is 0 Å². The van der Waals surface area contributed by atoms with Crippen LogP contribution >= 0.6 is 0 Å². The van der Waals surface area contributed by atoms with Gasteiger partial charge < -0.3 is 15.8 Å². The highest BCUT2D eigenvalue weighted by molar-refractivity contribution is 5.95. The summed E-state index contributed by atoms with van der Waals surface area (Å²) in [4.78, 5) is 12.4. The Kier molecular flexibility index (Phi) is 4.11. The van der Waals surface area contributed by atoms with Crippen LogP contribution in [0.25, 0.3) is 5.69 Å². The zero-order valence-corrected chi connectivity index (χ0v) is 12.6. The molecule has 3 N–H and O–H groups in total. The minimum absolute atomic E-state index is 0.142. The van der Waals surface area contributed by atoms with Gasteiger partial charge in [0.15, 0.2) is 5.69 Å². The van der Waals surface area contributed by atoms with Gasteiger partial charge in [-0.3, -0.25) is 4.79 Å². The van der Waals surface area contributed by atoms with Gasteiger partial charge in [0.05, 0.1) is 5.69 Å². The fourth-order valence-corrected chi connectivity index (χ4v) is 2.59. The zero-order chi connectivity index (χ0) is 15.5. The number of hydrogen-bond acceptors (Lipinski definition) is 4. The number of nitrogens with one attached hydrogen (secondary N) is 1. The molecule has 1 aliphatic heterocycles. The predicted molar refractivity (Wildman–Crippen MR) is 84.0 cm³/mol. The van der Waals surface area contributed by atoms with E-state index in [1.54, 1.807) is 4.68 Å². The Hall–Kier alpha value is -2.34. The molecule has 2 heterocycles. The van der Waals surface area contributed by atoms with E-state index in [2.05, 4.69) is 10.4 Å². The highest BCUT2D eigenvalue weighted by Crippen LogP contribution is 2.20. The fourth-order valence-electron chi connectivity index (χ4n) is 2.59. The van der Waals surface area contributed by atoms with Crippen LogP contribution in [0.2, 0.25) is 0 Å². The van der Waals surface area contributed by atoms with Gasteiger partial charge in [0.25, 0.3) is 5.91 Å². The van der Waals surface area contributed by atoms with Crippen molar-refractivity contribution in [1.29, 1.82) is 0 Å². The van der Waals surface area contributed by atoms with Crippen LogP contribution in [0, 0.1) is 6.92 Å². The van der Waals surface area contributed by atoms with Crippen molar-refractivity contribution in [3.05, 3.63) is 41.6 Å². The first kappa shape index (κ1) is 14.6. The van der Waals surface area contributed by atoms with Crippen molar-refractivity contribution in [2.75, 3.05) is 18.9 Å². The summed E-state index contributed by atoms with van der Waals surface area (Å²) in [5.74, 6) is 0.314. The van der Waals surface area contributed by atoms with Crippen LogP contribution in [-0.4, -0.2) is 34.9 Å². The number of para-hydroxylation sites is 1. The molecule has 1 aliphatic rings. The average molecular weight is 300 g/mol. The fraction of sp³-hybridized carbons (Fsp3) is 0.375. The van der Waals surface area contributed by atoms with Gasteiger partial charge in [0.2, 0.25) is 0 Å². The summed E-state index contributed by atoms with van der Waals surface area (Å²) >= 11 is 0. The number of rotatable bonds is 3. The Morgan fingerprint density at radius 1 is 1.32 bits per heavy atom. The quantitative estimate of drug-likeness (QED) is 0.903. The molecule has 1 amide bonds. The molecule has 116 valence electrons. The maximum absolute atomic E-state index is 12.4. The van der Waals surface area contributed by atoms with E-state index in [1.807, 2.05) is 37.3 Å². The second-order valence-corrected chi connectivity index (χ2v) is 5.47. The predicted octanol–water partition coefficient (Wildman–Crippen LogP) is 1.67. The highest BCUT2D eigenvalue weighted by atomic mass is 16.5. The van der Waals surface area contributed by atoms with Gasteiger partial charge in [0, 0.05) is 24.8 Å². The molecule has 0 radical (unpaired) electrons. The van der Waals surface area contributed by atoms with Gasteiger partial charge in [-0.1, -0.05) is 18.2 Å². The number of aromatic nitrogens is 2. The standard InChI is InChI=1S/C16H20N4O2/c1-11-14(16(21)18-12-7-9-22-10-8-12)19-20(15(11)17)13-5-3-2-4-6-13/h2-6,12H,7-10,17H2,1H3,(H,18,21). The molecule has 1 aromatic heterocycles. The molecule has 6 nitrogen and oxygen atoms in total. The van der Waals surface area contributed by atoms with Gasteiger partial charge in [-0.05, 0) is 31.9 Å². The van der Waals surface area contributed by atoms with Crippen molar-refractivity contribution >= 4 is 11.7 Å². The molecule has 1 fully saturated rings. The Balaban J connectivity index is 1.83. The molecule has 0 atom stereocenters. The lowest BCUT2D eigenvalue weighted by Crippen LogP contribution is -2.39. The summed E-state index contributed by atoms with van der Waals surface area (Å²) in [5.41, 5.74) is 8.03. The minimum Gasteiger partial charge on any atom is -0.383 e. The third-order valence-electron chi connectivity index (χ3n) is 3.94. The molecule has 0 bridgehead atoms. The Bertz CT molecular complexity index is 660. The smallest absolute Gasteiger partial charge is 0.272 e. The van der Waals surface area contributed by atoms with Crippen molar-refractivity contribution in [2.24, 2.45) is 0 Å². The number of benzene rings is 1. The highest BCUT2D eigenvalue weighted by Gasteiger charge is 2.22. The van der Waals surface area contributed by atoms with E-state index in [1.165, 1.54) is 0 Å². The zero-order valence-electron chi connectivity index (χ0n) is 12.6. The second-order valence-electron chi connectivity index (χ2n) is 5.47. The van der Waals surface area contributed by atoms with Gasteiger partial charge in [-0.15, -0.1) is 0 Å². The number of carbonyl (C=O) groups is 1. The first-order chi connectivity index (χ1) is 10.7. The molecule has 0 saturated carbocycles. The second kappa shape index (κ2) is 6.19. The number of nitrogens with two attached hydrogens (primary N) is 1. The van der Waals surface area contributed by atoms with E-state index >= 15 is 0 Å². The monoisotopic (exact) mass is 300 g/mol. The summed E-state index contributed by atoms with van der Waals surface area (Å²) in [6.45, 7) is 3.19. The van der Waals surface area contributed by atoms with Gasteiger partial charge >= 0.3 is 0 Å². The van der Waals surface area contributed by atoms with E-state index in [0.29, 0.717) is 30.3 Å². The largest absolute Gasteiger partial charge is 0.383 e. The molecule has 3 rings (SSSR count). The van der Waals surface area contributed by atoms with Crippen LogP contribution in [0.4, 0.5) is 5.82 Å². The van der Waals surface area contributed by atoms with E-state index in [0.717, 1.165) is 18.5 Å². The summed E-state index contributed by atoms with van der Waals surface area (Å²) in [7, 11) is 0. The van der Waals surface area contributed by atoms with Gasteiger partial charge in [-0.2, -0.15) is 5.10 Å². The lowest BCUT2D eigenvalue weighted by Gasteiger charge is -2.22. The number of carbonyl (C=O) groups excluding carboxylic acids is 1. The van der Waals surface area contributed by atoms with Crippen molar-refractivity contribution in [3.8, 4) is 5.69 Å². The normalized spacial score (nSPS) is 15.7. The summed E-state index contributed by atoms with van der Waals surface area (Å²) < 4.78 is 6.91. The van der Waals surface area contributed by atoms with Crippen molar-refractivity contribution < 1.29 is 9.53 Å². The van der Waals surface area contributed by atoms with Crippen molar-refractivity contribution in [1.82, 2.24) is 15.1 Å². The topological polar surface area (TPSA) is 82.2 Å². The van der Waals surface area contributed by atoms with Crippen LogP contribution in [0.1, 0.15) is 28.9 Å². The molecule has 0 spiro atoms. The number of ether oxygens (including phenoxy) is 1. The van der Waals surface area contributed by atoms with Gasteiger partial charge in [-0.25, -0.2) is 4.68 Å². The van der Waals surface area contributed by atoms with E-state index in [-0.39, 0.29) is 11.9 Å². The van der Waals surface area contributed by atoms with E-state index in [4.69, 9.17) is 10.5 Å². The number of anilines is 1.